The zero-order valence-electron chi connectivity index (χ0n) is 11.6. The van der Waals surface area contributed by atoms with Gasteiger partial charge in [0.15, 0.2) is 0 Å². The van der Waals surface area contributed by atoms with E-state index in [-0.39, 0.29) is 6.04 Å². The Balaban J connectivity index is 2.21. The van der Waals surface area contributed by atoms with Crippen LogP contribution < -0.4 is 5.73 Å². The summed E-state index contributed by atoms with van der Waals surface area (Å²) in [7, 11) is 1.91. The molecule has 1 amide bonds. The average Bonchev–Trinajstić information content (AvgIpc) is 2.77. The maximum absolute atomic E-state index is 12.0. The molecule has 0 aliphatic heterocycles. The molecule has 1 saturated carbocycles. The topological polar surface area (TPSA) is 46.3 Å². The molecule has 0 aromatic heterocycles. The van der Waals surface area contributed by atoms with Gasteiger partial charge < -0.3 is 10.6 Å². The standard InChI is InChI=1S/C14H28N2O/c1-11(2)13(15)8-9-16(3)14(17)10-12-6-4-5-7-12/h11-13H,4-10,15H2,1-3H3. The first-order valence-electron chi connectivity index (χ1n) is 7.00. The molecule has 0 spiro atoms. The van der Waals surface area contributed by atoms with Crippen molar-refractivity contribution in [3.8, 4) is 0 Å². The Morgan fingerprint density at radius 1 is 1.35 bits per heavy atom. The van der Waals surface area contributed by atoms with Crippen molar-refractivity contribution in [2.45, 2.75) is 58.4 Å². The minimum Gasteiger partial charge on any atom is -0.346 e. The summed E-state index contributed by atoms with van der Waals surface area (Å²) >= 11 is 0. The van der Waals surface area contributed by atoms with Crippen molar-refractivity contribution in [1.29, 1.82) is 0 Å². The molecule has 17 heavy (non-hydrogen) atoms. The number of carbonyl (C=O) groups excluding carboxylic acids is 1. The number of hydrogen-bond donors (Lipinski definition) is 1. The van der Waals surface area contributed by atoms with Crippen LogP contribution in [0.4, 0.5) is 0 Å². The van der Waals surface area contributed by atoms with E-state index in [9.17, 15) is 4.79 Å². The molecule has 3 heteroatoms. The molecule has 0 radical (unpaired) electrons. The lowest BCUT2D eigenvalue weighted by Crippen LogP contribution is -2.35. The van der Waals surface area contributed by atoms with E-state index in [1.807, 2.05) is 11.9 Å². The van der Waals surface area contributed by atoms with Crippen LogP contribution in [0.2, 0.25) is 0 Å². The summed E-state index contributed by atoms with van der Waals surface area (Å²) in [5.74, 6) is 1.44. The second-order valence-electron chi connectivity index (χ2n) is 5.87. The average molecular weight is 240 g/mol. The van der Waals surface area contributed by atoms with E-state index in [4.69, 9.17) is 5.73 Å². The Bertz CT molecular complexity index is 234. The lowest BCUT2D eigenvalue weighted by atomic mass is 10.0. The highest BCUT2D eigenvalue weighted by Crippen LogP contribution is 2.27. The zero-order chi connectivity index (χ0) is 12.8. The normalized spacial score (nSPS) is 18.6. The van der Waals surface area contributed by atoms with Gasteiger partial charge in [-0.1, -0.05) is 26.7 Å². The van der Waals surface area contributed by atoms with Crippen LogP contribution in [0.15, 0.2) is 0 Å². The third kappa shape index (κ3) is 5.07. The van der Waals surface area contributed by atoms with Gasteiger partial charge >= 0.3 is 0 Å². The van der Waals surface area contributed by atoms with E-state index >= 15 is 0 Å². The molecule has 1 fully saturated rings. The van der Waals surface area contributed by atoms with Gasteiger partial charge in [0, 0.05) is 26.1 Å². The molecule has 0 saturated heterocycles. The fourth-order valence-corrected chi connectivity index (χ4v) is 2.42. The number of nitrogens with two attached hydrogens (primary N) is 1. The summed E-state index contributed by atoms with van der Waals surface area (Å²) in [6, 6.07) is 0.205. The Morgan fingerprint density at radius 2 is 1.94 bits per heavy atom. The molecule has 1 rings (SSSR count). The molecule has 3 nitrogen and oxygen atoms in total. The highest BCUT2D eigenvalue weighted by atomic mass is 16.2. The van der Waals surface area contributed by atoms with Crippen LogP contribution in [0.25, 0.3) is 0 Å². The quantitative estimate of drug-likeness (QED) is 0.775. The molecule has 1 atom stereocenters. The molecule has 0 aromatic rings. The fraction of sp³-hybridized carbons (Fsp3) is 0.929. The second kappa shape index (κ2) is 7.00. The summed E-state index contributed by atoms with van der Waals surface area (Å²) in [6.45, 7) is 5.06. The van der Waals surface area contributed by atoms with Crippen molar-refractivity contribution in [3.05, 3.63) is 0 Å². The van der Waals surface area contributed by atoms with E-state index in [1.54, 1.807) is 0 Å². The summed E-state index contributed by atoms with van der Waals surface area (Å²) in [5.41, 5.74) is 5.99. The van der Waals surface area contributed by atoms with Gasteiger partial charge in [-0.3, -0.25) is 4.79 Å². The molecule has 1 aliphatic rings. The Morgan fingerprint density at radius 3 is 2.47 bits per heavy atom. The van der Waals surface area contributed by atoms with Crippen molar-refractivity contribution in [2.75, 3.05) is 13.6 Å². The molecule has 2 N–H and O–H groups in total. The predicted molar refractivity (Wildman–Crippen MR) is 71.6 cm³/mol. The van der Waals surface area contributed by atoms with Gasteiger partial charge in [-0.05, 0) is 31.1 Å². The van der Waals surface area contributed by atoms with E-state index in [2.05, 4.69) is 13.8 Å². The minimum atomic E-state index is 0.205. The minimum absolute atomic E-state index is 0.205. The van der Waals surface area contributed by atoms with Crippen LogP contribution in [0.1, 0.15) is 52.4 Å². The number of hydrogen-bond acceptors (Lipinski definition) is 2. The molecular weight excluding hydrogens is 212 g/mol. The van der Waals surface area contributed by atoms with E-state index in [0.717, 1.165) is 19.4 Å². The number of amides is 1. The first kappa shape index (κ1) is 14.5. The molecular formula is C14H28N2O. The Hall–Kier alpha value is -0.570. The first-order chi connectivity index (χ1) is 8.00. The van der Waals surface area contributed by atoms with Gasteiger partial charge in [-0.25, -0.2) is 0 Å². The van der Waals surface area contributed by atoms with E-state index in [0.29, 0.717) is 17.7 Å². The van der Waals surface area contributed by atoms with E-state index < -0.39 is 0 Å². The third-order valence-corrected chi connectivity index (χ3v) is 4.02. The summed E-state index contributed by atoms with van der Waals surface area (Å²) in [6.07, 6.45) is 6.74. The van der Waals surface area contributed by atoms with Crippen molar-refractivity contribution in [2.24, 2.45) is 17.6 Å². The van der Waals surface area contributed by atoms with Gasteiger partial charge in [0.2, 0.25) is 5.91 Å². The smallest absolute Gasteiger partial charge is 0.222 e. The van der Waals surface area contributed by atoms with Crippen molar-refractivity contribution in [1.82, 2.24) is 4.90 Å². The molecule has 0 bridgehead atoms. The number of rotatable bonds is 6. The third-order valence-electron chi connectivity index (χ3n) is 4.02. The molecule has 1 aliphatic carbocycles. The Labute approximate surface area is 106 Å². The van der Waals surface area contributed by atoms with Crippen molar-refractivity contribution in [3.63, 3.8) is 0 Å². The lowest BCUT2D eigenvalue weighted by Gasteiger charge is -2.22. The van der Waals surface area contributed by atoms with Gasteiger partial charge in [0.25, 0.3) is 0 Å². The van der Waals surface area contributed by atoms with Crippen LogP contribution in [0.5, 0.6) is 0 Å². The second-order valence-corrected chi connectivity index (χ2v) is 5.87. The van der Waals surface area contributed by atoms with Gasteiger partial charge in [-0.15, -0.1) is 0 Å². The van der Waals surface area contributed by atoms with Crippen LogP contribution in [0, 0.1) is 11.8 Å². The molecule has 0 heterocycles. The van der Waals surface area contributed by atoms with E-state index in [1.165, 1.54) is 25.7 Å². The van der Waals surface area contributed by atoms with Crippen molar-refractivity contribution < 1.29 is 4.79 Å². The van der Waals surface area contributed by atoms with Gasteiger partial charge in [0.1, 0.15) is 0 Å². The van der Waals surface area contributed by atoms with Crippen molar-refractivity contribution >= 4 is 5.91 Å². The number of carbonyl (C=O) groups is 1. The highest BCUT2D eigenvalue weighted by Gasteiger charge is 2.20. The maximum Gasteiger partial charge on any atom is 0.222 e. The summed E-state index contributed by atoms with van der Waals surface area (Å²) in [4.78, 5) is 13.8. The summed E-state index contributed by atoms with van der Waals surface area (Å²) in [5, 5.41) is 0. The molecule has 0 aromatic carbocycles. The van der Waals surface area contributed by atoms with Crippen LogP contribution in [-0.4, -0.2) is 30.4 Å². The van der Waals surface area contributed by atoms with Crippen LogP contribution >= 0.6 is 0 Å². The SMILES string of the molecule is CC(C)C(N)CCN(C)C(=O)CC1CCCC1. The zero-order valence-corrected chi connectivity index (χ0v) is 11.6. The van der Waals surface area contributed by atoms with Gasteiger partial charge in [0.05, 0.1) is 0 Å². The lowest BCUT2D eigenvalue weighted by molar-refractivity contribution is -0.131. The first-order valence-corrected chi connectivity index (χ1v) is 7.00. The Kier molecular flexibility index (Phi) is 5.96. The maximum atomic E-state index is 12.0. The fourth-order valence-electron chi connectivity index (χ4n) is 2.42. The van der Waals surface area contributed by atoms with Crippen LogP contribution in [0.3, 0.4) is 0 Å². The molecule has 1 unspecified atom stereocenters. The largest absolute Gasteiger partial charge is 0.346 e. The van der Waals surface area contributed by atoms with Crippen LogP contribution in [-0.2, 0) is 4.79 Å². The summed E-state index contributed by atoms with van der Waals surface area (Å²) < 4.78 is 0. The van der Waals surface area contributed by atoms with Gasteiger partial charge in [-0.2, -0.15) is 0 Å². The monoisotopic (exact) mass is 240 g/mol. The predicted octanol–water partition coefficient (Wildman–Crippen LogP) is 2.40. The number of nitrogens with zero attached hydrogens (tertiary/aromatic N) is 1. The highest BCUT2D eigenvalue weighted by molar-refractivity contribution is 5.76. The molecule has 100 valence electrons.